The summed E-state index contributed by atoms with van der Waals surface area (Å²) in [6, 6.07) is 6.90. The number of ether oxygens (including phenoxy) is 2. The van der Waals surface area contributed by atoms with Gasteiger partial charge < -0.3 is 9.47 Å². The van der Waals surface area contributed by atoms with Crippen molar-refractivity contribution >= 4 is 9.84 Å². The summed E-state index contributed by atoms with van der Waals surface area (Å²) >= 11 is 0. The van der Waals surface area contributed by atoms with E-state index in [0.29, 0.717) is 24.5 Å². The van der Waals surface area contributed by atoms with Gasteiger partial charge in [-0.1, -0.05) is 17.7 Å². The first-order chi connectivity index (χ1) is 8.58. The molecule has 1 aliphatic heterocycles. The fourth-order valence-corrected chi connectivity index (χ4v) is 3.11. The van der Waals surface area contributed by atoms with Crippen LogP contribution in [0.1, 0.15) is 18.4 Å². The van der Waals surface area contributed by atoms with E-state index in [9.17, 15) is 8.42 Å². The molecule has 1 heterocycles. The Morgan fingerprint density at radius 2 is 1.78 bits per heavy atom. The number of rotatable bonds is 4. The van der Waals surface area contributed by atoms with Gasteiger partial charge in [0.1, 0.15) is 0 Å². The summed E-state index contributed by atoms with van der Waals surface area (Å²) in [6.07, 6.45) is 0.885. The predicted octanol–water partition coefficient (Wildman–Crippen LogP) is 1.92. The Morgan fingerprint density at radius 3 is 2.39 bits per heavy atom. The van der Waals surface area contributed by atoms with Gasteiger partial charge in [-0.25, -0.2) is 8.42 Å². The molecule has 1 aliphatic rings. The van der Waals surface area contributed by atoms with Gasteiger partial charge in [0.2, 0.25) is 0 Å². The largest absolute Gasteiger partial charge is 0.353 e. The van der Waals surface area contributed by atoms with Crippen molar-refractivity contribution in [2.45, 2.75) is 31.0 Å². The second kappa shape index (κ2) is 5.82. The van der Waals surface area contributed by atoms with E-state index in [4.69, 9.17) is 9.47 Å². The van der Waals surface area contributed by atoms with Crippen LogP contribution in [0.15, 0.2) is 29.2 Å². The first-order valence-electron chi connectivity index (χ1n) is 6.10. The Bertz CT molecular complexity index is 472. The molecule has 5 heteroatoms. The third kappa shape index (κ3) is 3.54. The Morgan fingerprint density at radius 1 is 1.17 bits per heavy atom. The average molecular weight is 270 g/mol. The van der Waals surface area contributed by atoms with Crippen LogP contribution in [0, 0.1) is 6.92 Å². The summed E-state index contributed by atoms with van der Waals surface area (Å²) in [5.41, 5.74) is 1.05. The molecule has 1 aromatic carbocycles. The smallest absolute Gasteiger partial charge is 0.178 e. The van der Waals surface area contributed by atoms with Gasteiger partial charge >= 0.3 is 0 Å². The summed E-state index contributed by atoms with van der Waals surface area (Å²) in [4.78, 5) is 0.365. The monoisotopic (exact) mass is 270 g/mol. The van der Waals surface area contributed by atoms with Crippen molar-refractivity contribution in [1.82, 2.24) is 0 Å². The van der Waals surface area contributed by atoms with Gasteiger partial charge in [-0.2, -0.15) is 0 Å². The minimum Gasteiger partial charge on any atom is -0.353 e. The molecule has 0 unspecified atom stereocenters. The van der Waals surface area contributed by atoms with Gasteiger partial charge in [-0.3, -0.25) is 0 Å². The van der Waals surface area contributed by atoms with E-state index in [2.05, 4.69) is 0 Å². The first-order valence-corrected chi connectivity index (χ1v) is 7.76. The van der Waals surface area contributed by atoms with Crippen LogP contribution < -0.4 is 0 Å². The lowest BCUT2D eigenvalue weighted by Gasteiger charge is -2.22. The molecule has 0 saturated carbocycles. The van der Waals surface area contributed by atoms with E-state index in [1.54, 1.807) is 24.3 Å². The van der Waals surface area contributed by atoms with E-state index in [1.807, 2.05) is 6.92 Å². The van der Waals surface area contributed by atoms with Crippen LogP contribution in [0.3, 0.4) is 0 Å². The van der Waals surface area contributed by atoms with E-state index in [1.165, 1.54) is 0 Å². The molecule has 0 spiro atoms. The summed E-state index contributed by atoms with van der Waals surface area (Å²) < 4.78 is 34.8. The molecule has 0 N–H and O–H groups in total. The maximum absolute atomic E-state index is 12.1. The Labute approximate surface area is 108 Å². The van der Waals surface area contributed by atoms with Crippen LogP contribution in [0.5, 0.6) is 0 Å². The number of sulfone groups is 1. The zero-order chi connectivity index (χ0) is 13.0. The highest BCUT2D eigenvalue weighted by molar-refractivity contribution is 7.91. The summed E-state index contributed by atoms with van der Waals surface area (Å²) in [5, 5.41) is 0. The lowest BCUT2D eigenvalue weighted by Crippen LogP contribution is -2.27. The molecular weight excluding hydrogens is 252 g/mol. The second-order valence-corrected chi connectivity index (χ2v) is 6.55. The van der Waals surface area contributed by atoms with Crippen LogP contribution in [-0.4, -0.2) is 33.7 Å². The maximum Gasteiger partial charge on any atom is 0.178 e. The molecular formula is C13H18O4S. The Balaban J connectivity index is 1.96. The zero-order valence-electron chi connectivity index (χ0n) is 10.5. The van der Waals surface area contributed by atoms with E-state index in [-0.39, 0.29) is 12.0 Å². The molecule has 1 saturated heterocycles. The molecule has 4 nitrogen and oxygen atoms in total. The minimum absolute atomic E-state index is 0.0563. The van der Waals surface area contributed by atoms with Crippen molar-refractivity contribution in [3.05, 3.63) is 29.8 Å². The summed E-state index contributed by atoms with van der Waals surface area (Å²) in [6.45, 7) is 3.23. The van der Waals surface area contributed by atoms with Crippen LogP contribution in [0.25, 0.3) is 0 Å². The first kappa shape index (κ1) is 13.5. The van der Waals surface area contributed by atoms with E-state index in [0.717, 1.165) is 12.0 Å². The highest BCUT2D eigenvalue weighted by atomic mass is 32.2. The molecule has 0 amide bonds. The third-order valence-electron chi connectivity index (χ3n) is 2.90. The van der Waals surface area contributed by atoms with Crippen LogP contribution in [-0.2, 0) is 19.3 Å². The molecule has 0 bridgehead atoms. The van der Waals surface area contributed by atoms with Gasteiger partial charge in [-0.05, 0) is 25.5 Å². The van der Waals surface area contributed by atoms with Crippen LogP contribution >= 0.6 is 0 Å². The number of benzene rings is 1. The molecule has 100 valence electrons. The van der Waals surface area contributed by atoms with Crippen LogP contribution in [0.4, 0.5) is 0 Å². The Hall–Kier alpha value is -0.910. The van der Waals surface area contributed by atoms with Crippen molar-refractivity contribution in [3.8, 4) is 0 Å². The van der Waals surface area contributed by atoms with Gasteiger partial charge in [0.15, 0.2) is 16.1 Å². The summed E-state index contributed by atoms with van der Waals surface area (Å²) in [5.74, 6) is 0.0563. The quantitative estimate of drug-likeness (QED) is 0.839. The SMILES string of the molecule is Cc1ccc(S(=O)(=O)CCC2OCCCO2)cc1. The van der Waals surface area contributed by atoms with Crippen molar-refractivity contribution in [3.63, 3.8) is 0 Å². The number of aryl methyl sites for hydroxylation is 1. The molecule has 1 fully saturated rings. The normalized spacial score (nSPS) is 17.8. The number of hydrogen-bond donors (Lipinski definition) is 0. The standard InChI is InChI=1S/C13H18O4S/c1-11-3-5-12(6-4-11)18(14,15)10-7-13-16-8-2-9-17-13/h3-6,13H,2,7-10H2,1H3. The Kier molecular flexibility index (Phi) is 4.37. The van der Waals surface area contributed by atoms with Crippen molar-refractivity contribution < 1.29 is 17.9 Å². The topological polar surface area (TPSA) is 52.6 Å². The van der Waals surface area contributed by atoms with E-state index < -0.39 is 9.84 Å². The molecule has 18 heavy (non-hydrogen) atoms. The molecule has 0 aromatic heterocycles. The lowest BCUT2D eigenvalue weighted by molar-refractivity contribution is -0.178. The highest BCUT2D eigenvalue weighted by Crippen LogP contribution is 2.16. The van der Waals surface area contributed by atoms with Gasteiger partial charge in [-0.15, -0.1) is 0 Å². The summed E-state index contributed by atoms with van der Waals surface area (Å²) in [7, 11) is -3.24. The third-order valence-corrected chi connectivity index (χ3v) is 4.66. The van der Waals surface area contributed by atoms with Crippen molar-refractivity contribution in [2.24, 2.45) is 0 Å². The zero-order valence-corrected chi connectivity index (χ0v) is 11.3. The minimum atomic E-state index is -3.24. The molecule has 0 aliphatic carbocycles. The van der Waals surface area contributed by atoms with Gasteiger partial charge in [0.05, 0.1) is 23.9 Å². The molecule has 1 aromatic rings. The van der Waals surface area contributed by atoms with Gasteiger partial charge in [0.25, 0.3) is 0 Å². The maximum atomic E-state index is 12.1. The van der Waals surface area contributed by atoms with Crippen molar-refractivity contribution in [2.75, 3.05) is 19.0 Å². The van der Waals surface area contributed by atoms with Crippen LogP contribution in [0.2, 0.25) is 0 Å². The fraction of sp³-hybridized carbons (Fsp3) is 0.538. The molecule has 0 atom stereocenters. The molecule has 2 rings (SSSR count). The second-order valence-electron chi connectivity index (χ2n) is 4.45. The fourth-order valence-electron chi connectivity index (χ4n) is 1.82. The molecule has 0 radical (unpaired) electrons. The average Bonchev–Trinajstić information content (AvgIpc) is 2.38. The van der Waals surface area contributed by atoms with Crippen molar-refractivity contribution in [1.29, 1.82) is 0 Å². The van der Waals surface area contributed by atoms with Gasteiger partial charge in [0, 0.05) is 6.42 Å². The highest BCUT2D eigenvalue weighted by Gasteiger charge is 2.20. The predicted molar refractivity (Wildman–Crippen MR) is 68.2 cm³/mol. The lowest BCUT2D eigenvalue weighted by atomic mass is 10.2. The van der Waals surface area contributed by atoms with E-state index >= 15 is 0 Å². The number of hydrogen-bond acceptors (Lipinski definition) is 4.